The first-order valence-electron chi connectivity index (χ1n) is 11.7. The van der Waals surface area contributed by atoms with Crippen LogP contribution in [0, 0.1) is 5.41 Å². The van der Waals surface area contributed by atoms with Gasteiger partial charge in [0, 0.05) is 22.7 Å². The van der Waals surface area contributed by atoms with Crippen molar-refractivity contribution in [3.63, 3.8) is 0 Å². The van der Waals surface area contributed by atoms with Crippen LogP contribution in [0.1, 0.15) is 50.8 Å². The van der Waals surface area contributed by atoms with Crippen LogP contribution in [0.2, 0.25) is 5.02 Å². The number of amides is 2. The highest BCUT2D eigenvalue weighted by Crippen LogP contribution is 2.45. The van der Waals surface area contributed by atoms with Crippen LogP contribution in [0.25, 0.3) is 6.08 Å². The first-order chi connectivity index (χ1) is 16.7. The van der Waals surface area contributed by atoms with Crippen molar-refractivity contribution in [3.05, 3.63) is 88.1 Å². The fraction of sp³-hybridized carbons (Fsp3) is 0.321. The number of benzene rings is 2. The molecule has 1 aliphatic carbocycles. The number of rotatable bonds is 6. The van der Waals surface area contributed by atoms with Gasteiger partial charge in [0.2, 0.25) is 0 Å². The van der Waals surface area contributed by atoms with Gasteiger partial charge in [-0.15, -0.1) is 0 Å². The molecule has 1 aliphatic heterocycles. The SMILES string of the molecule is CCOC(=O)C(/C=C/c1ccccc1)N1C(=O)NC2=C(C(=O)CC(C)(C)C2)C1c1ccc(Cl)cc1. The maximum atomic E-state index is 13.6. The number of ether oxygens (including phenoxy) is 1. The first-order valence-corrected chi connectivity index (χ1v) is 12.1. The molecule has 6 nitrogen and oxygen atoms in total. The topological polar surface area (TPSA) is 75.7 Å². The Balaban J connectivity index is 1.86. The molecule has 0 saturated carbocycles. The summed E-state index contributed by atoms with van der Waals surface area (Å²) in [5.41, 5.74) is 2.42. The van der Waals surface area contributed by atoms with E-state index in [0.717, 1.165) is 5.56 Å². The summed E-state index contributed by atoms with van der Waals surface area (Å²) < 4.78 is 5.36. The molecule has 0 saturated heterocycles. The normalized spacial score (nSPS) is 20.5. The third kappa shape index (κ3) is 5.33. The summed E-state index contributed by atoms with van der Waals surface area (Å²) in [6.07, 6.45) is 4.34. The number of nitrogens with one attached hydrogen (secondary N) is 1. The summed E-state index contributed by atoms with van der Waals surface area (Å²) in [6, 6.07) is 14.3. The van der Waals surface area contributed by atoms with E-state index in [4.69, 9.17) is 16.3 Å². The van der Waals surface area contributed by atoms with E-state index in [1.807, 2.05) is 44.2 Å². The maximum absolute atomic E-state index is 13.6. The number of urea groups is 1. The predicted octanol–water partition coefficient (Wildman–Crippen LogP) is 5.69. The first kappa shape index (κ1) is 24.7. The number of hydrogen-bond donors (Lipinski definition) is 1. The van der Waals surface area contributed by atoms with Crippen LogP contribution in [0.5, 0.6) is 0 Å². The molecule has 2 aromatic rings. The second kappa shape index (κ2) is 10.1. The number of esters is 1. The number of hydrogen-bond acceptors (Lipinski definition) is 4. The fourth-order valence-corrected chi connectivity index (χ4v) is 4.88. The minimum absolute atomic E-state index is 0.0455. The quantitative estimate of drug-likeness (QED) is 0.525. The lowest BCUT2D eigenvalue weighted by molar-refractivity contribution is -0.147. The number of halogens is 1. The standard InChI is InChI=1S/C28H29ClN2O4/c1-4-35-26(33)22(15-10-18-8-6-5-7-9-18)31-25(19-11-13-20(29)14-12-19)24-21(30-27(31)34)16-28(2,3)17-23(24)32/h5-15,22,25H,4,16-17H2,1-3H3,(H,30,34)/b15-10+. The summed E-state index contributed by atoms with van der Waals surface area (Å²) in [7, 11) is 0. The van der Waals surface area contributed by atoms with Crippen molar-refractivity contribution in [3.8, 4) is 0 Å². The van der Waals surface area contributed by atoms with Gasteiger partial charge in [-0.2, -0.15) is 0 Å². The van der Waals surface area contributed by atoms with Crippen molar-refractivity contribution < 1.29 is 19.1 Å². The molecule has 2 atom stereocenters. The van der Waals surface area contributed by atoms with Crippen LogP contribution in [0.4, 0.5) is 4.79 Å². The molecule has 2 aliphatic rings. The highest BCUT2D eigenvalue weighted by molar-refractivity contribution is 6.30. The molecule has 2 unspecified atom stereocenters. The Hall–Kier alpha value is -3.38. The Morgan fingerprint density at radius 3 is 2.49 bits per heavy atom. The molecule has 0 spiro atoms. The van der Waals surface area contributed by atoms with Crippen molar-refractivity contribution >= 4 is 35.5 Å². The third-order valence-corrected chi connectivity index (χ3v) is 6.50. The summed E-state index contributed by atoms with van der Waals surface area (Å²) in [5.74, 6) is -0.614. The van der Waals surface area contributed by atoms with Gasteiger partial charge in [-0.1, -0.05) is 80.1 Å². The average Bonchev–Trinajstić information content (AvgIpc) is 2.80. The molecule has 0 radical (unpaired) electrons. The monoisotopic (exact) mass is 492 g/mol. The smallest absolute Gasteiger partial charge is 0.333 e. The van der Waals surface area contributed by atoms with Crippen molar-refractivity contribution in [2.75, 3.05) is 6.61 Å². The Morgan fingerprint density at radius 1 is 1.14 bits per heavy atom. The lowest BCUT2D eigenvalue weighted by atomic mass is 9.72. The molecule has 1 N–H and O–H groups in total. The molecule has 35 heavy (non-hydrogen) atoms. The molecule has 2 aromatic carbocycles. The summed E-state index contributed by atoms with van der Waals surface area (Å²) in [5, 5.41) is 3.46. The van der Waals surface area contributed by atoms with E-state index in [1.165, 1.54) is 4.90 Å². The maximum Gasteiger partial charge on any atom is 0.333 e. The Labute approximate surface area is 210 Å². The van der Waals surface area contributed by atoms with Crippen molar-refractivity contribution in [2.24, 2.45) is 5.41 Å². The summed E-state index contributed by atoms with van der Waals surface area (Å²) >= 11 is 6.13. The van der Waals surface area contributed by atoms with Gasteiger partial charge >= 0.3 is 12.0 Å². The van der Waals surface area contributed by atoms with Crippen LogP contribution in [0.15, 0.2) is 71.9 Å². The highest BCUT2D eigenvalue weighted by Gasteiger charge is 2.47. The van der Waals surface area contributed by atoms with E-state index in [0.29, 0.717) is 34.7 Å². The zero-order valence-electron chi connectivity index (χ0n) is 20.1. The number of carbonyl (C=O) groups excluding carboxylic acids is 3. The van der Waals surface area contributed by atoms with Crippen LogP contribution in [-0.4, -0.2) is 35.3 Å². The third-order valence-electron chi connectivity index (χ3n) is 6.25. The zero-order chi connectivity index (χ0) is 25.2. The van der Waals surface area contributed by atoms with Gasteiger partial charge in [0.15, 0.2) is 11.8 Å². The number of nitrogens with zero attached hydrogens (tertiary/aromatic N) is 1. The van der Waals surface area contributed by atoms with E-state index in [2.05, 4.69) is 5.32 Å². The van der Waals surface area contributed by atoms with Crippen LogP contribution < -0.4 is 5.32 Å². The van der Waals surface area contributed by atoms with Gasteiger partial charge in [0.1, 0.15) is 0 Å². The molecular weight excluding hydrogens is 464 g/mol. The lowest BCUT2D eigenvalue weighted by Crippen LogP contribution is -2.56. The van der Waals surface area contributed by atoms with E-state index in [-0.39, 0.29) is 17.8 Å². The minimum Gasteiger partial charge on any atom is -0.464 e. The van der Waals surface area contributed by atoms with Gasteiger partial charge in [-0.25, -0.2) is 9.59 Å². The van der Waals surface area contributed by atoms with E-state index < -0.39 is 24.1 Å². The van der Waals surface area contributed by atoms with Gasteiger partial charge in [-0.05, 0) is 42.0 Å². The van der Waals surface area contributed by atoms with Crippen LogP contribution >= 0.6 is 11.6 Å². The fourth-order valence-electron chi connectivity index (χ4n) is 4.75. The average molecular weight is 493 g/mol. The number of carbonyl (C=O) groups is 3. The van der Waals surface area contributed by atoms with Crippen molar-refractivity contribution in [2.45, 2.75) is 45.7 Å². The molecule has 1 heterocycles. The molecular formula is C28H29ClN2O4. The summed E-state index contributed by atoms with van der Waals surface area (Å²) in [4.78, 5) is 41.6. The number of allylic oxidation sites excluding steroid dienone is 1. The summed E-state index contributed by atoms with van der Waals surface area (Å²) in [6.45, 7) is 5.90. The number of Topliss-reactive ketones (excluding diaryl/α,β-unsaturated/α-hetero) is 1. The molecule has 182 valence electrons. The van der Waals surface area contributed by atoms with Gasteiger partial charge < -0.3 is 10.1 Å². The van der Waals surface area contributed by atoms with Gasteiger partial charge in [0.05, 0.1) is 12.6 Å². The Morgan fingerprint density at radius 2 is 1.83 bits per heavy atom. The largest absolute Gasteiger partial charge is 0.464 e. The minimum atomic E-state index is -1.05. The van der Waals surface area contributed by atoms with E-state index in [9.17, 15) is 14.4 Å². The molecule has 4 rings (SSSR count). The number of ketones is 1. The van der Waals surface area contributed by atoms with E-state index in [1.54, 1.807) is 43.3 Å². The highest BCUT2D eigenvalue weighted by atomic mass is 35.5. The second-order valence-electron chi connectivity index (χ2n) is 9.59. The molecule has 7 heteroatoms. The van der Waals surface area contributed by atoms with Gasteiger partial charge in [-0.3, -0.25) is 9.69 Å². The zero-order valence-corrected chi connectivity index (χ0v) is 20.8. The second-order valence-corrected chi connectivity index (χ2v) is 10.0. The molecule has 0 bridgehead atoms. The Kier molecular flexibility index (Phi) is 7.13. The molecule has 0 aromatic heterocycles. The van der Waals surface area contributed by atoms with Gasteiger partial charge in [0.25, 0.3) is 0 Å². The molecule has 0 fully saturated rings. The van der Waals surface area contributed by atoms with Crippen molar-refractivity contribution in [1.29, 1.82) is 0 Å². The van der Waals surface area contributed by atoms with Crippen LogP contribution in [0.3, 0.4) is 0 Å². The van der Waals surface area contributed by atoms with E-state index >= 15 is 0 Å². The van der Waals surface area contributed by atoms with Crippen LogP contribution in [-0.2, 0) is 14.3 Å². The molecule has 2 amide bonds. The predicted molar refractivity (Wildman–Crippen MR) is 136 cm³/mol. The Bertz CT molecular complexity index is 1190. The van der Waals surface area contributed by atoms with Crippen molar-refractivity contribution in [1.82, 2.24) is 10.2 Å². The lowest BCUT2D eigenvalue weighted by Gasteiger charge is -2.45.